The zero-order valence-electron chi connectivity index (χ0n) is 9.51. The summed E-state index contributed by atoms with van der Waals surface area (Å²) in [7, 11) is 0. The Hall–Kier alpha value is -2.14. The molecule has 0 saturated heterocycles. The van der Waals surface area contributed by atoms with E-state index in [9.17, 15) is 4.79 Å². The molecule has 0 aliphatic carbocycles. The Kier molecular flexibility index (Phi) is 2.82. The summed E-state index contributed by atoms with van der Waals surface area (Å²) in [4.78, 5) is 19.0. The molecule has 3 aromatic rings. The maximum absolute atomic E-state index is 11.8. The second-order valence-corrected chi connectivity index (χ2v) is 4.78. The second kappa shape index (κ2) is 4.62. The van der Waals surface area contributed by atoms with Crippen molar-refractivity contribution in [2.75, 3.05) is 5.32 Å². The minimum absolute atomic E-state index is 0.0696. The van der Waals surface area contributed by atoms with Crippen molar-refractivity contribution < 1.29 is 0 Å². The topological polar surface area (TPSA) is 57.8 Å². The Morgan fingerprint density at radius 2 is 2.06 bits per heavy atom. The number of anilines is 1. The fourth-order valence-corrected chi connectivity index (χ4v) is 2.47. The standard InChI is InChI=1S/C13H11N3OS/c17-13-12-10(6-7-18-12)15-11(16-13)8-14-9-4-2-1-3-5-9/h1-7,14H,8H2,(H,15,16,17). The molecule has 0 spiro atoms. The van der Waals surface area contributed by atoms with E-state index in [0.717, 1.165) is 11.2 Å². The van der Waals surface area contributed by atoms with Crippen LogP contribution in [-0.4, -0.2) is 9.97 Å². The van der Waals surface area contributed by atoms with Gasteiger partial charge < -0.3 is 10.3 Å². The summed E-state index contributed by atoms with van der Waals surface area (Å²) < 4.78 is 0.679. The van der Waals surface area contributed by atoms with Crippen LogP contribution in [-0.2, 0) is 6.54 Å². The molecule has 90 valence electrons. The van der Waals surface area contributed by atoms with Gasteiger partial charge >= 0.3 is 0 Å². The monoisotopic (exact) mass is 257 g/mol. The lowest BCUT2D eigenvalue weighted by molar-refractivity contribution is 0.956. The average Bonchev–Trinajstić information content (AvgIpc) is 2.86. The Morgan fingerprint density at radius 1 is 1.22 bits per heavy atom. The quantitative estimate of drug-likeness (QED) is 0.758. The van der Waals surface area contributed by atoms with Crippen molar-refractivity contribution in [3.8, 4) is 0 Å². The average molecular weight is 257 g/mol. The fraction of sp³-hybridized carbons (Fsp3) is 0.0769. The van der Waals surface area contributed by atoms with E-state index in [1.165, 1.54) is 11.3 Å². The van der Waals surface area contributed by atoms with Gasteiger partial charge in [0.15, 0.2) is 0 Å². The summed E-state index contributed by atoms with van der Waals surface area (Å²) in [5.74, 6) is 0.648. The van der Waals surface area contributed by atoms with Gasteiger partial charge in [-0.1, -0.05) is 18.2 Å². The number of hydrogen-bond acceptors (Lipinski definition) is 4. The minimum Gasteiger partial charge on any atom is -0.378 e. The van der Waals surface area contributed by atoms with Gasteiger partial charge in [-0.2, -0.15) is 0 Å². The lowest BCUT2D eigenvalue weighted by Crippen LogP contribution is -2.13. The maximum atomic E-state index is 11.8. The van der Waals surface area contributed by atoms with Gasteiger partial charge in [-0.05, 0) is 23.6 Å². The van der Waals surface area contributed by atoms with Gasteiger partial charge in [0.2, 0.25) is 0 Å². The van der Waals surface area contributed by atoms with Gasteiger partial charge in [-0.25, -0.2) is 4.98 Å². The third kappa shape index (κ3) is 2.12. The molecule has 0 aliphatic heterocycles. The van der Waals surface area contributed by atoms with Crippen LogP contribution in [0.5, 0.6) is 0 Å². The molecular formula is C13H11N3OS. The number of benzene rings is 1. The molecule has 0 fully saturated rings. The highest BCUT2D eigenvalue weighted by Gasteiger charge is 2.04. The molecule has 2 N–H and O–H groups in total. The molecule has 0 saturated carbocycles. The van der Waals surface area contributed by atoms with E-state index in [2.05, 4.69) is 15.3 Å². The molecule has 4 nitrogen and oxygen atoms in total. The molecule has 1 aromatic carbocycles. The van der Waals surface area contributed by atoms with Crippen LogP contribution in [0.1, 0.15) is 5.82 Å². The van der Waals surface area contributed by atoms with Crippen LogP contribution in [0.2, 0.25) is 0 Å². The Labute approximate surface area is 107 Å². The van der Waals surface area contributed by atoms with Crippen molar-refractivity contribution in [1.82, 2.24) is 9.97 Å². The number of hydrogen-bond donors (Lipinski definition) is 2. The molecule has 0 aliphatic rings. The van der Waals surface area contributed by atoms with Crippen molar-refractivity contribution in [1.29, 1.82) is 0 Å². The van der Waals surface area contributed by atoms with Crippen LogP contribution in [0.4, 0.5) is 5.69 Å². The van der Waals surface area contributed by atoms with E-state index in [1.54, 1.807) is 0 Å². The highest BCUT2D eigenvalue weighted by molar-refractivity contribution is 7.17. The first-order valence-electron chi connectivity index (χ1n) is 5.58. The highest BCUT2D eigenvalue weighted by Crippen LogP contribution is 2.14. The third-order valence-corrected chi connectivity index (χ3v) is 3.50. The number of H-pyrrole nitrogens is 1. The zero-order chi connectivity index (χ0) is 12.4. The van der Waals surface area contributed by atoms with E-state index in [0.29, 0.717) is 17.1 Å². The SMILES string of the molecule is O=c1[nH]c(CNc2ccccc2)nc2ccsc12. The zero-order valence-corrected chi connectivity index (χ0v) is 10.3. The highest BCUT2D eigenvalue weighted by atomic mass is 32.1. The number of fused-ring (bicyclic) bond motifs is 1. The lowest BCUT2D eigenvalue weighted by atomic mass is 10.3. The lowest BCUT2D eigenvalue weighted by Gasteiger charge is -2.05. The minimum atomic E-state index is -0.0696. The van der Waals surface area contributed by atoms with E-state index >= 15 is 0 Å². The fourth-order valence-electron chi connectivity index (χ4n) is 1.75. The molecule has 18 heavy (non-hydrogen) atoms. The molecule has 0 unspecified atom stereocenters. The van der Waals surface area contributed by atoms with Crippen LogP contribution in [0.3, 0.4) is 0 Å². The molecular weight excluding hydrogens is 246 g/mol. The van der Waals surface area contributed by atoms with Crippen LogP contribution in [0.25, 0.3) is 10.2 Å². The van der Waals surface area contributed by atoms with Crippen molar-refractivity contribution in [3.63, 3.8) is 0 Å². The first kappa shape index (κ1) is 11.0. The smallest absolute Gasteiger partial charge is 0.268 e. The van der Waals surface area contributed by atoms with E-state index in [4.69, 9.17) is 0 Å². The first-order valence-corrected chi connectivity index (χ1v) is 6.46. The number of rotatable bonds is 3. The van der Waals surface area contributed by atoms with Gasteiger partial charge in [0, 0.05) is 5.69 Å². The van der Waals surface area contributed by atoms with Crippen molar-refractivity contribution in [3.05, 3.63) is 58.0 Å². The Bertz CT molecular complexity index is 718. The summed E-state index contributed by atoms with van der Waals surface area (Å²) in [5.41, 5.74) is 1.69. The number of aromatic nitrogens is 2. The molecule has 2 aromatic heterocycles. The normalized spacial score (nSPS) is 10.7. The molecule has 2 heterocycles. The van der Waals surface area contributed by atoms with Crippen LogP contribution in [0, 0.1) is 0 Å². The summed E-state index contributed by atoms with van der Waals surface area (Å²) in [6, 6.07) is 11.7. The molecule has 0 bridgehead atoms. The summed E-state index contributed by atoms with van der Waals surface area (Å²) >= 11 is 1.41. The molecule has 0 radical (unpaired) electrons. The van der Waals surface area contributed by atoms with Crippen molar-refractivity contribution >= 4 is 27.2 Å². The number of nitrogens with zero attached hydrogens (tertiary/aromatic N) is 1. The molecule has 0 amide bonds. The summed E-state index contributed by atoms with van der Waals surface area (Å²) in [6.07, 6.45) is 0. The summed E-state index contributed by atoms with van der Waals surface area (Å²) in [5, 5.41) is 5.09. The Morgan fingerprint density at radius 3 is 2.89 bits per heavy atom. The van der Waals surface area contributed by atoms with E-state index in [-0.39, 0.29) is 5.56 Å². The number of para-hydroxylation sites is 1. The molecule has 0 atom stereocenters. The Balaban J connectivity index is 1.85. The number of nitrogens with one attached hydrogen (secondary N) is 2. The molecule has 5 heteroatoms. The first-order chi connectivity index (χ1) is 8.83. The second-order valence-electron chi connectivity index (χ2n) is 3.87. The van der Waals surface area contributed by atoms with Gasteiger partial charge in [0.25, 0.3) is 5.56 Å². The van der Waals surface area contributed by atoms with Crippen LogP contribution in [0.15, 0.2) is 46.6 Å². The van der Waals surface area contributed by atoms with Gasteiger partial charge in [0.05, 0.1) is 12.1 Å². The number of thiophene rings is 1. The van der Waals surface area contributed by atoms with Gasteiger partial charge in [0.1, 0.15) is 10.5 Å². The van der Waals surface area contributed by atoms with Crippen molar-refractivity contribution in [2.24, 2.45) is 0 Å². The predicted molar refractivity (Wildman–Crippen MR) is 74.0 cm³/mol. The summed E-state index contributed by atoms with van der Waals surface area (Å²) in [6.45, 7) is 0.505. The number of aromatic amines is 1. The van der Waals surface area contributed by atoms with E-state index in [1.807, 2.05) is 41.8 Å². The third-order valence-electron chi connectivity index (χ3n) is 2.60. The predicted octanol–water partition coefficient (Wildman–Crippen LogP) is 2.60. The maximum Gasteiger partial charge on any atom is 0.268 e. The van der Waals surface area contributed by atoms with E-state index < -0.39 is 0 Å². The van der Waals surface area contributed by atoms with Gasteiger partial charge in [-0.3, -0.25) is 4.79 Å². The van der Waals surface area contributed by atoms with Crippen LogP contribution >= 0.6 is 11.3 Å². The van der Waals surface area contributed by atoms with Crippen LogP contribution < -0.4 is 10.9 Å². The molecule has 3 rings (SSSR count). The van der Waals surface area contributed by atoms with Gasteiger partial charge in [-0.15, -0.1) is 11.3 Å². The largest absolute Gasteiger partial charge is 0.378 e. The van der Waals surface area contributed by atoms with Crippen molar-refractivity contribution in [2.45, 2.75) is 6.54 Å².